The third-order valence-corrected chi connectivity index (χ3v) is 6.00. The molecular weight excluding hydrogens is 456 g/mol. The molecule has 0 spiro atoms. The lowest BCUT2D eigenvalue weighted by molar-refractivity contribution is -0.123. The third-order valence-electron chi connectivity index (χ3n) is 6.00. The lowest BCUT2D eigenvalue weighted by Crippen LogP contribution is -2.52. The van der Waals surface area contributed by atoms with E-state index in [1.165, 1.54) is 9.80 Å². The minimum Gasteiger partial charge on any atom is -0.494 e. The van der Waals surface area contributed by atoms with Gasteiger partial charge in [0, 0.05) is 12.2 Å². The molecule has 8 heteroatoms. The van der Waals surface area contributed by atoms with E-state index in [4.69, 9.17) is 4.74 Å². The van der Waals surface area contributed by atoms with E-state index in [1.807, 2.05) is 44.2 Å². The maximum Gasteiger partial charge on any atom is 0.326 e. The first-order valence-electron chi connectivity index (χ1n) is 12.0. The van der Waals surface area contributed by atoms with Crippen molar-refractivity contribution in [2.75, 3.05) is 41.4 Å². The van der Waals surface area contributed by atoms with Crippen molar-refractivity contribution in [3.63, 3.8) is 0 Å². The van der Waals surface area contributed by atoms with Crippen LogP contribution in [0.3, 0.4) is 0 Å². The van der Waals surface area contributed by atoms with Crippen molar-refractivity contribution in [2.45, 2.75) is 19.8 Å². The standard InChI is InChI=1S/C28H30N4O4/c1-3-36-23-15-13-22(14-16-23)30-28(35)32-19-27(34)31(24-11-7-8-12-25(24)32)18-26(33)29-17-20(2)21-9-5-4-6-10-21/h4-16,20H,3,17-19H2,1-2H3,(H,29,33)(H,30,35)/t20-/m0/s1. The molecule has 0 aliphatic carbocycles. The lowest BCUT2D eigenvalue weighted by atomic mass is 10.0. The normalized spacial score (nSPS) is 13.6. The van der Waals surface area contributed by atoms with Crippen molar-refractivity contribution in [3.8, 4) is 5.75 Å². The van der Waals surface area contributed by atoms with Crippen LogP contribution in [0.15, 0.2) is 78.9 Å². The van der Waals surface area contributed by atoms with Crippen LogP contribution in [0, 0.1) is 0 Å². The van der Waals surface area contributed by atoms with E-state index in [9.17, 15) is 14.4 Å². The van der Waals surface area contributed by atoms with Crippen LogP contribution < -0.4 is 25.2 Å². The molecule has 0 aromatic heterocycles. The van der Waals surface area contributed by atoms with Gasteiger partial charge < -0.3 is 15.4 Å². The Morgan fingerprint density at radius 2 is 1.61 bits per heavy atom. The molecule has 3 aromatic rings. The maximum atomic E-state index is 13.1. The monoisotopic (exact) mass is 486 g/mol. The number of nitrogens with one attached hydrogen (secondary N) is 2. The largest absolute Gasteiger partial charge is 0.494 e. The number of carbonyl (C=O) groups is 3. The van der Waals surface area contributed by atoms with Gasteiger partial charge in [0.15, 0.2) is 0 Å². The Morgan fingerprint density at radius 3 is 2.31 bits per heavy atom. The van der Waals surface area contributed by atoms with Crippen LogP contribution in [0.2, 0.25) is 0 Å². The van der Waals surface area contributed by atoms with Gasteiger partial charge >= 0.3 is 6.03 Å². The number of anilines is 3. The molecule has 4 amide bonds. The summed E-state index contributed by atoms with van der Waals surface area (Å²) in [4.78, 5) is 41.6. The highest BCUT2D eigenvalue weighted by Crippen LogP contribution is 2.33. The second-order valence-electron chi connectivity index (χ2n) is 8.56. The number of carbonyl (C=O) groups excluding carboxylic acids is 3. The molecule has 1 heterocycles. The van der Waals surface area contributed by atoms with Gasteiger partial charge in [-0.25, -0.2) is 4.79 Å². The summed E-state index contributed by atoms with van der Waals surface area (Å²) in [6, 6.07) is 23.6. The van der Waals surface area contributed by atoms with Gasteiger partial charge in [0.1, 0.15) is 18.8 Å². The van der Waals surface area contributed by atoms with Crippen LogP contribution in [0.5, 0.6) is 5.75 Å². The van der Waals surface area contributed by atoms with E-state index < -0.39 is 6.03 Å². The lowest BCUT2D eigenvalue weighted by Gasteiger charge is -2.35. The molecule has 0 saturated carbocycles. The number of ether oxygens (including phenoxy) is 1. The van der Waals surface area contributed by atoms with E-state index in [1.54, 1.807) is 48.5 Å². The maximum absolute atomic E-state index is 13.1. The van der Waals surface area contributed by atoms with Crippen molar-refractivity contribution in [1.29, 1.82) is 0 Å². The van der Waals surface area contributed by atoms with Gasteiger partial charge in [-0.05, 0) is 54.8 Å². The predicted octanol–water partition coefficient (Wildman–Crippen LogP) is 4.39. The summed E-state index contributed by atoms with van der Waals surface area (Å²) in [5.74, 6) is 0.261. The Kier molecular flexibility index (Phi) is 7.85. The molecule has 1 aliphatic heterocycles. The molecule has 36 heavy (non-hydrogen) atoms. The summed E-state index contributed by atoms with van der Waals surface area (Å²) >= 11 is 0. The van der Waals surface area contributed by atoms with Gasteiger partial charge in [-0.15, -0.1) is 0 Å². The Bertz CT molecular complexity index is 1210. The molecule has 0 bridgehead atoms. The molecule has 0 radical (unpaired) electrons. The van der Waals surface area contributed by atoms with Crippen LogP contribution >= 0.6 is 0 Å². The van der Waals surface area contributed by atoms with Gasteiger partial charge in [-0.2, -0.15) is 0 Å². The van der Waals surface area contributed by atoms with Gasteiger partial charge in [0.25, 0.3) is 0 Å². The number of fused-ring (bicyclic) bond motifs is 1. The summed E-state index contributed by atoms with van der Waals surface area (Å²) < 4.78 is 5.43. The quantitative estimate of drug-likeness (QED) is 0.494. The molecule has 0 unspecified atom stereocenters. The highest BCUT2D eigenvalue weighted by atomic mass is 16.5. The van der Waals surface area contributed by atoms with Crippen LogP contribution in [-0.2, 0) is 9.59 Å². The van der Waals surface area contributed by atoms with Crippen LogP contribution in [0.4, 0.5) is 21.9 Å². The second-order valence-corrected chi connectivity index (χ2v) is 8.56. The molecule has 186 valence electrons. The number of benzene rings is 3. The Balaban J connectivity index is 1.42. The first kappa shape index (κ1) is 24.8. The summed E-state index contributed by atoms with van der Waals surface area (Å²) in [5, 5.41) is 5.75. The zero-order valence-electron chi connectivity index (χ0n) is 20.4. The van der Waals surface area contributed by atoms with Crippen LogP contribution in [0.25, 0.3) is 0 Å². The van der Waals surface area contributed by atoms with E-state index >= 15 is 0 Å². The van der Waals surface area contributed by atoms with E-state index in [-0.39, 0.29) is 30.8 Å². The van der Waals surface area contributed by atoms with Crippen molar-refractivity contribution in [3.05, 3.63) is 84.4 Å². The van der Waals surface area contributed by atoms with Crippen LogP contribution in [-0.4, -0.2) is 44.1 Å². The zero-order chi connectivity index (χ0) is 25.5. The fourth-order valence-corrected chi connectivity index (χ4v) is 4.07. The summed E-state index contributed by atoms with van der Waals surface area (Å²) in [6.07, 6.45) is 0. The van der Waals surface area contributed by atoms with Crippen molar-refractivity contribution in [1.82, 2.24) is 5.32 Å². The van der Waals surface area contributed by atoms with E-state index in [0.717, 1.165) is 5.56 Å². The highest BCUT2D eigenvalue weighted by Gasteiger charge is 2.33. The number of urea groups is 1. The fraction of sp³-hybridized carbons (Fsp3) is 0.250. The average molecular weight is 487 g/mol. The molecule has 0 saturated heterocycles. The third kappa shape index (κ3) is 5.83. The second kappa shape index (κ2) is 11.4. The number of hydrogen-bond acceptors (Lipinski definition) is 4. The predicted molar refractivity (Wildman–Crippen MR) is 141 cm³/mol. The fourth-order valence-electron chi connectivity index (χ4n) is 4.07. The highest BCUT2D eigenvalue weighted by molar-refractivity contribution is 6.15. The van der Waals surface area contributed by atoms with E-state index in [0.29, 0.717) is 36.0 Å². The van der Waals surface area contributed by atoms with Crippen molar-refractivity contribution in [2.24, 2.45) is 0 Å². The molecule has 3 aromatic carbocycles. The molecular formula is C28H30N4O4. The number of amides is 4. The SMILES string of the molecule is CCOc1ccc(NC(=O)N2CC(=O)N(CC(=O)NC[C@H](C)c3ccccc3)c3ccccc32)cc1. The number of para-hydroxylation sites is 2. The number of rotatable bonds is 8. The Hall–Kier alpha value is -4.33. The van der Waals surface area contributed by atoms with Crippen LogP contribution in [0.1, 0.15) is 25.3 Å². The number of nitrogens with zero attached hydrogens (tertiary/aromatic N) is 2. The topological polar surface area (TPSA) is 91.0 Å². The Morgan fingerprint density at radius 1 is 0.944 bits per heavy atom. The van der Waals surface area contributed by atoms with Crippen molar-refractivity contribution >= 4 is 34.9 Å². The summed E-state index contributed by atoms with van der Waals surface area (Å²) in [6.45, 7) is 4.66. The van der Waals surface area contributed by atoms with Gasteiger partial charge in [0.2, 0.25) is 11.8 Å². The Labute approximate surface area is 210 Å². The van der Waals surface area contributed by atoms with Gasteiger partial charge in [-0.3, -0.25) is 19.4 Å². The molecule has 2 N–H and O–H groups in total. The summed E-state index contributed by atoms with van der Waals surface area (Å²) in [7, 11) is 0. The van der Waals surface area contributed by atoms with Gasteiger partial charge in [0.05, 0.1) is 18.0 Å². The first-order valence-corrected chi connectivity index (χ1v) is 12.0. The smallest absolute Gasteiger partial charge is 0.326 e. The van der Waals surface area contributed by atoms with Crippen molar-refractivity contribution < 1.29 is 19.1 Å². The number of hydrogen-bond donors (Lipinski definition) is 2. The molecule has 0 fully saturated rings. The first-order chi connectivity index (χ1) is 17.5. The molecule has 1 aliphatic rings. The average Bonchev–Trinajstić information content (AvgIpc) is 2.90. The zero-order valence-corrected chi connectivity index (χ0v) is 20.4. The minimum absolute atomic E-state index is 0.119. The minimum atomic E-state index is -0.430. The molecule has 8 nitrogen and oxygen atoms in total. The van der Waals surface area contributed by atoms with E-state index in [2.05, 4.69) is 10.6 Å². The summed E-state index contributed by atoms with van der Waals surface area (Å²) in [5.41, 5.74) is 2.79. The van der Waals surface area contributed by atoms with Gasteiger partial charge in [-0.1, -0.05) is 49.4 Å². The molecule has 1 atom stereocenters. The molecule has 4 rings (SSSR count).